The SMILES string of the molecule is CC(=O)[C@H]1CC[C@H]2[C@@H]3CC[C@@H]4CC(O)CC[C@]4(C)[C@H]3CC[C@]12C.[H-].[H-].[K+].[K+]. The number of hydrogen-bond acceptors (Lipinski definition) is 2. The summed E-state index contributed by atoms with van der Waals surface area (Å²) in [5.74, 6) is 3.97. The fourth-order valence-corrected chi connectivity index (χ4v) is 7.90. The van der Waals surface area contributed by atoms with E-state index < -0.39 is 0 Å². The smallest absolute Gasteiger partial charge is 1.00 e. The van der Waals surface area contributed by atoms with Gasteiger partial charge in [-0.15, -0.1) is 0 Å². The van der Waals surface area contributed by atoms with Gasteiger partial charge >= 0.3 is 103 Å². The zero-order valence-electron chi connectivity index (χ0n) is 19.2. The van der Waals surface area contributed by atoms with Crippen molar-refractivity contribution in [3.63, 3.8) is 0 Å². The Kier molecular flexibility index (Phi) is 8.66. The third-order valence-corrected chi connectivity index (χ3v) is 9.13. The van der Waals surface area contributed by atoms with E-state index in [1.165, 1.54) is 38.5 Å². The molecule has 0 amide bonds. The van der Waals surface area contributed by atoms with Gasteiger partial charge in [0, 0.05) is 5.92 Å². The van der Waals surface area contributed by atoms with Crippen LogP contribution in [-0.2, 0) is 4.79 Å². The van der Waals surface area contributed by atoms with Crippen LogP contribution in [0.15, 0.2) is 0 Å². The van der Waals surface area contributed by atoms with Gasteiger partial charge in [0.15, 0.2) is 0 Å². The molecule has 4 fully saturated rings. The molecule has 4 heteroatoms. The quantitative estimate of drug-likeness (QED) is 0.565. The van der Waals surface area contributed by atoms with Gasteiger partial charge in [-0.05, 0) is 99.2 Å². The Balaban J connectivity index is 0.00000169. The Labute approximate surface area is 242 Å². The Bertz CT molecular complexity index is 520. The van der Waals surface area contributed by atoms with Crippen LogP contribution in [0.1, 0.15) is 81.4 Å². The van der Waals surface area contributed by atoms with Crippen LogP contribution >= 0.6 is 0 Å². The van der Waals surface area contributed by atoms with Crippen molar-refractivity contribution >= 4 is 5.78 Å². The van der Waals surface area contributed by atoms with E-state index in [2.05, 4.69) is 13.8 Å². The number of ketones is 1. The molecule has 25 heavy (non-hydrogen) atoms. The first-order valence-electron chi connectivity index (χ1n) is 10.0. The van der Waals surface area contributed by atoms with Crippen LogP contribution in [0, 0.1) is 40.4 Å². The van der Waals surface area contributed by atoms with Crippen LogP contribution < -0.4 is 103 Å². The summed E-state index contributed by atoms with van der Waals surface area (Å²) in [5, 5.41) is 10.1. The summed E-state index contributed by atoms with van der Waals surface area (Å²) in [6.07, 6.45) is 10.9. The van der Waals surface area contributed by atoms with Gasteiger partial charge in [-0.2, -0.15) is 0 Å². The number of aliphatic hydroxyl groups excluding tert-OH is 1. The van der Waals surface area contributed by atoms with Gasteiger partial charge < -0.3 is 7.96 Å². The molecule has 134 valence electrons. The van der Waals surface area contributed by atoms with Crippen molar-refractivity contribution in [1.29, 1.82) is 0 Å². The minimum absolute atomic E-state index is 0. The third kappa shape index (κ3) is 3.96. The van der Waals surface area contributed by atoms with Crippen LogP contribution in [0.4, 0.5) is 0 Å². The Morgan fingerprint density at radius 2 is 1.56 bits per heavy atom. The van der Waals surface area contributed by atoms with Crippen molar-refractivity contribution in [2.75, 3.05) is 0 Å². The minimum Gasteiger partial charge on any atom is -1.00 e. The second-order valence-electron chi connectivity index (χ2n) is 9.87. The van der Waals surface area contributed by atoms with Gasteiger partial charge in [-0.25, -0.2) is 0 Å². The number of Topliss-reactive ketones (excluding diaryl/α,β-unsaturated/α-hetero) is 1. The number of carbonyl (C=O) groups excluding carboxylic acids is 1. The zero-order valence-corrected chi connectivity index (χ0v) is 23.4. The molecule has 2 nitrogen and oxygen atoms in total. The van der Waals surface area contributed by atoms with Crippen LogP contribution in [0.3, 0.4) is 0 Å². The molecule has 4 aliphatic carbocycles. The molecule has 0 radical (unpaired) electrons. The summed E-state index contributed by atoms with van der Waals surface area (Å²) in [6, 6.07) is 0. The Morgan fingerprint density at radius 1 is 0.920 bits per heavy atom. The molecular weight excluding hydrogens is 362 g/mol. The molecule has 4 saturated carbocycles. The fraction of sp³-hybridized carbons (Fsp3) is 0.952. The summed E-state index contributed by atoms with van der Waals surface area (Å²) in [6.45, 7) is 6.80. The largest absolute Gasteiger partial charge is 1.00 e. The molecule has 4 rings (SSSR count). The number of rotatable bonds is 1. The Morgan fingerprint density at radius 3 is 2.24 bits per heavy atom. The van der Waals surface area contributed by atoms with E-state index in [0.29, 0.717) is 17.1 Å². The normalized spacial score (nSPS) is 51.2. The van der Waals surface area contributed by atoms with Gasteiger partial charge in [-0.1, -0.05) is 13.8 Å². The predicted molar refractivity (Wildman–Crippen MR) is 94.1 cm³/mol. The summed E-state index contributed by atoms with van der Waals surface area (Å²) in [7, 11) is 0. The van der Waals surface area contributed by atoms with Crippen molar-refractivity contribution in [2.24, 2.45) is 40.4 Å². The molecule has 0 aromatic rings. The minimum atomic E-state index is -0.0490. The topological polar surface area (TPSA) is 37.3 Å². The number of carbonyl (C=O) groups is 1. The zero-order chi connectivity index (χ0) is 16.4. The Hall–Kier alpha value is 2.90. The number of fused-ring (bicyclic) bond motifs is 5. The predicted octanol–water partition coefficient (Wildman–Crippen LogP) is -1.17. The molecule has 8 atom stereocenters. The second-order valence-corrected chi connectivity index (χ2v) is 9.87. The molecule has 0 saturated heterocycles. The van der Waals surface area contributed by atoms with Crippen molar-refractivity contribution in [3.8, 4) is 0 Å². The van der Waals surface area contributed by atoms with E-state index in [1.807, 2.05) is 6.92 Å². The maximum atomic E-state index is 12.2. The van der Waals surface area contributed by atoms with Gasteiger partial charge in [0.2, 0.25) is 0 Å². The van der Waals surface area contributed by atoms with Crippen molar-refractivity contribution in [2.45, 2.75) is 84.7 Å². The standard InChI is InChI=1S/C21H34O2.2K.2H/c1-13(22)17-6-7-18-16-5-4-14-12-15(23)8-10-20(14,2)19(16)9-11-21(17,18)3;;;;/h14-19,23H,4-12H2,1-3H3;;;;/q;2*+1;2*-1/t14-,15?,16+,17-,18+,19+,20+,21-;;;;/m1..../s1. The summed E-state index contributed by atoms with van der Waals surface area (Å²) < 4.78 is 0. The molecule has 1 N–H and O–H groups in total. The molecule has 0 aromatic heterocycles. The third-order valence-electron chi connectivity index (χ3n) is 9.13. The second kappa shape index (κ2) is 8.95. The maximum Gasteiger partial charge on any atom is 1.00 e. The monoisotopic (exact) mass is 398 g/mol. The summed E-state index contributed by atoms with van der Waals surface area (Å²) in [5.41, 5.74) is 0.738. The van der Waals surface area contributed by atoms with E-state index in [0.717, 1.165) is 42.9 Å². The molecular formula is C21H36K2O2. The molecule has 0 bridgehead atoms. The van der Waals surface area contributed by atoms with Crippen molar-refractivity contribution in [3.05, 3.63) is 0 Å². The first-order valence-corrected chi connectivity index (χ1v) is 10.0. The molecule has 0 aromatic carbocycles. The van der Waals surface area contributed by atoms with Gasteiger partial charge in [0.1, 0.15) is 5.78 Å². The molecule has 0 heterocycles. The van der Waals surface area contributed by atoms with Crippen molar-refractivity contribution in [1.82, 2.24) is 0 Å². The molecule has 0 aliphatic heterocycles. The summed E-state index contributed by atoms with van der Waals surface area (Å²) >= 11 is 0. The molecule has 0 spiro atoms. The first-order chi connectivity index (χ1) is 10.9. The van der Waals surface area contributed by atoms with E-state index >= 15 is 0 Å². The average Bonchev–Trinajstić information content (AvgIpc) is 2.85. The first kappa shape index (κ1) is 24.2. The van der Waals surface area contributed by atoms with E-state index in [4.69, 9.17) is 0 Å². The molecule has 1 unspecified atom stereocenters. The van der Waals surface area contributed by atoms with E-state index in [9.17, 15) is 9.90 Å². The summed E-state index contributed by atoms with van der Waals surface area (Å²) in [4.78, 5) is 12.2. The van der Waals surface area contributed by atoms with Crippen LogP contribution in [0.2, 0.25) is 0 Å². The van der Waals surface area contributed by atoms with E-state index in [-0.39, 0.29) is 117 Å². The number of aliphatic hydroxyl groups is 1. The number of hydrogen-bond donors (Lipinski definition) is 1. The van der Waals surface area contributed by atoms with Crippen LogP contribution in [-0.4, -0.2) is 17.0 Å². The van der Waals surface area contributed by atoms with Gasteiger partial charge in [-0.3, -0.25) is 4.79 Å². The van der Waals surface area contributed by atoms with E-state index in [1.54, 1.807) is 0 Å². The fourth-order valence-electron chi connectivity index (χ4n) is 7.90. The average molecular weight is 399 g/mol. The molecule has 4 aliphatic rings. The van der Waals surface area contributed by atoms with Crippen molar-refractivity contribution < 1.29 is 116 Å². The van der Waals surface area contributed by atoms with Gasteiger partial charge in [0.25, 0.3) is 0 Å². The van der Waals surface area contributed by atoms with Gasteiger partial charge in [0.05, 0.1) is 6.10 Å². The van der Waals surface area contributed by atoms with Crippen LogP contribution in [0.5, 0.6) is 0 Å². The van der Waals surface area contributed by atoms with Crippen LogP contribution in [0.25, 0.3) is 0 Å². The maximum absolute atomic E-state index is 12.2.